The molecule has 1 aromatic heterocycles. The Kier molecular flexibility index (Phi) is 1.90. The molecule has 16 heavy (non-hydrogen) atoms. The van der Waals surface area contributed by atoms with Crippen LogP contribution in [0.2, 0.25) is 0 Å². The van der Waals surface area contributed by atoms with Gasteiger partial charge in [-0.1, -0.05) is 30.3 Å². The van der Waals surface area contributed by atoms with Crippen molar-refractivity contribution in [3.8, 4) is 16.9 Å². The second kappa shape index (κ2) is 3.38. The number of phenolic OH excluding ortho intramolecular Hbond substituents is 1. The first-order valence-corrected chi connectivity index (χ1v) is 4.90. The number of benzene rings is 2. The van der Waals surface area contributed by atoms with E-state index in [0.29, 0.717) is 11.1 Å². The van der Waals surface area contributed by atoms with Crippen molar-refractivity contribution < 1.29 is 9.52 Å². The van der Waals surface area contributed by atoms with Crippen LogP contribution in [0.5, 0.6) is 5.75 Å². The summed E-state index contributed by atoms with van der Waals surface area (Å²) in [4.78, 5) is 4.03. The lowest BCUT2D eigenvalue weighted by molar-refractivity contribution is 0.477. The second-order valence-electron chi connectivity index (χ2n) is 3.47. The van der Waals surface area contributed by atoms with Gasteiger partial charge < -0.3 is 9.52 Å². The summed E-state index contributed by atoms with van der Waals surface area (Å²) in [6, 6.07) is 12.7. The minimum Gasteiger partial charge on any atom is -0.507 e. The van der Waals surface area contributed by atoms with Gasteiger partial charge in [0.1, 0.15) is 11.3 Å². The van der Waals surface area contributed by atoms with Gasteiger partial charge in [-0.15, -0.1) is 0 Å². The highest BCUT2D eigenvalue weighted by atomic mass is 16.3. The molecule has 0 bridgehead atoms. The number of para-hydroxylation sites is 2. The summed E-state index contributed by atoms with van der Waals surface area (Å²) in [5, 5.41) is 9.79. The number of phenols is 1. The lowest BCUT2D eigenvalue weighted by Crippen LogP contribution is -1.80. The first kappa shape index (κ1) is 8.97. The molecule has 3 nitrogen and oxygen atoms in total. The fraction of sp³-hybridized carbons (Fsp3) is 0. The topological polar surface area (TPSA) is 46.3 Å². The van der Waals surface area contributed by atoms with E-state index in [4.69, 9.17) is 4.42 Å². The standard InChI is InChI=1S/C13H8NO2/c15-11-6-2-1-4-9(11)10-5-3-7-12-13(10)14-8-16-12/h1-7,15H. The Balaban J connectivity index is 2.34. The van der Waals surface area contributed by atoms with Gasteiger partial charge in [-0.3, -0.25) is 0 Å². The van der Waals surface area contributed by atoms with Crippen molar-refractivity contribution in [3.05, 3.63) is 48.9 Å². The number of fused-ring (bicyclic) bond motifs is 1. The van der Waals surface area contributed by atoms with Crippen LogP contribution in [0.3, 0.4) is 0 Å². The van der Waals surface area contributed by atoms with Gasteiger partial charge in [-0.05, 0) is 12.1 Å². The van der Waals surface area contributed by atoms with Crippen molar-refractivity contribution >= 4 is 11.1 Å². The molecule has 2 aromatic carbocycles. The van der Waals surface area contributed by atoms with Gasteiger partial charge in [-0.25, -0.2) is 4.98 Å². The summed E-state index contributed by atoms with van der Waals surface area (Å²) < 4.78 is 5.10. The summed E-state index contributed by atoms with van der Waals surface area (Å²) >= 11 is 0. The van der Waals surface area contributed by atoms with Crippen molar-refractivity contribution in [2.24, 2.45) is 0 Å². The second-order valence-corrected chi connectivity index (χ2v) is 3.47. The third kappa shape index (κ3) is 1.26. The number of hydrogen-bond donors (Lipinski definition) is 1. The molecule has 3 rings (SSSR count). The fourth-order valence-electron chi connectivity index (χ4n) is 1.76. The van der Waals surface area contributed by atoms with Crippen molar-refractivity contribution in [3.63, 3.8) is 0 Å². The molecule has 0 fully saturated rings. The van der Waals surface area contributed by atoms with Gasteiger partial charge in [0.25, 0.3) is 6.39 Å². The number of hydrogen-bond acceptors (Lipinski definition) is 3. The molecule has 0 amide bonds. The van der Waals surface area contributed by atoms with E-state index in [-0.39, 0.29) is 5.75 Å². The molecule has 0 saturated heterocycles. The van der Waals surface area contributed by atoms with Crippen LogP contribution in [0.4, 0.5) is 0 Å². The van der Waals surface area contributed by atoms with Crippen LogP contribution in [0.15, 0.2) is 46.9 Å². The van der Waals surface area contributed by atoms with Crippen LogP contribution in [-0.2, 0) is 0 Å². The largest absolute Gasteiger partial charge is 0.507 e. The average Bonchev–Trinajstić information content (AvgIpc) is 2.77. The molecular weight excluding hydrogens is 202 g/mol. The third-order valence-electron chi connectivity index (χ3n) is 2.51. The Morgan fingerprint density at radius 2 is 1.81 bits per heavy atom. The molecule has 3 heteroatoms. The van der Waals surface area contributed by atoms with Crippen molar-refractivity contribution in [2.45, 2.75) is 0 Å². The van der Waals surface area contributed by atoms with Gasteiger partial charge in [-0.2, -0.15) is 0 Å². The van der Waals surface area contributed by atoms with E-state index in [0.717, 1.165) is 11.1 Å². The number of oxazole rings is 1. The molecule has 0 atom stereocenters. The molecule has 1 N–H and O–H groups in total. The quantitative estimate of drug-likeness (QED) is 0.671. The van der Waals surface area contributed by atoms with E-state index in [9.17, 15) is 5.11 Å². The van der Waals surface area contributed by atoms with Crippen LogP contribution >= 0.6 is 0 Å². The van der Waals surface area contributed by atoms with Crippen LogP contribution in [0.25, 0.3) is 22.2 Å². The summed E-state index contributed by atoms with van der Waals surface area (Å²) in [7, 11) is 0. The number of rotatable bonds is 1. The van der Waals surface area contributed by atoms with Gasteiger partial charge >= 0.3 is 0 Å². The molecule has 3 aromatic rings. The Hall–Kier alpha value is -2.29. The molecule has 0 spiro atoms. The number of nitrogens with zero attached hydrogens (tertiary/aromatic N) is 1. The van der Waals surface area contributed by atoms with E-state index < -0.39 is 0 Å². The maximum Gasteiger partial charge on any atom is 0.284 e. The molecule has 0 unspecified atom stereocenters. The van der Waals surface area contributed by atoms with Crippen molar-refractivity contribution in [1.29, 1.82) is 0 Å². The SMILES string of the molecule is Oc1ccccc1-c1cccc2o[c]nc12. The highest BCUT2D eigenvalue weighted by molar-refractivity contribution is 5.92. The first-order chi connectivity index (χ1) is 7.86. The van der Waals surface area contributed by atoms with E-state index >= 15 is 0 Å². The number of aromatic nitrogens is 1. The molecule has 1 heterocycles. The van der Waals surface area contributed by atoms with E-state index in [2.05, 4.69) is 11.4 Å². The Morgan fingerprint density at radius 1 is 1.00 bits per heavy atom. The van der Waals surface area contributed by atoms with Crippen LogP contribution < -0.4 is 0 Å². The average molecular weight is 210 g/mol. The highest BCUT2D eigenvalue weighted by Crippen LogP contribution is 2.33. The normalized spacial score (nSPS) is 10.8. The molecule has 1 radical (unpaired) electrons. The predicted octanol–water partition coefficient (Wildman–Crippen LogP) is 3.00. The lowest BCUT2D eigenvalue weighted by Gasteiger charge is -2.04. The minimum atomic E-state index is 0.234. The van der Waals surface area contributed by atoms with E-state index in [1.807, 2.05) is 30.3 Å². The monoisotopic (exact) mass is 210 g/mol. The molecule has 0 saturated carbocycles. The van der Waals surface area contributed by atoms with Crippen molar-refractivity contribution in [2.75, 3.05) is 0 Å². The fourth-order valence-corrected chi connectivity index (χ4v) is 1.76. The highest BCUT2D eigenvalue weighted by Gasteiger charge is 2.09. The van der Waals surface area contributed by atoms with Crippen LogP contribution in [0.1, 0.15) is 0 Å². The summed E-state index contributed by atoms with van der Waals surface area (Å²) in [5.74, 6) is 0.234. The molecule has 0 aliphatic heterocycles. The summed E-state index contributed by atoms with van der Waals surface area (Å²) in [6.45, 7) is 0. The smallest absolute Gasteiger partial charge is 0.284 e. The summed E-state index contributed by atoms with van der Waals surface area (Å²) in [5.41, 5.74) is 2.97. The Bertz CT molecular complexity index is 643. The zero-order valence-electron chi connectivity index (χ0n) is 8.34. The van der Waals surface area contributed by atoms with Gasteiger partial charge in [0.2, 0.25) is 0 Å². The Morgan fingerprint density at radius 3 is 2.69 bits per heavy atom. The van der Waals surface area contributed by atoms with Crippen LogP contribution in [-0.4, -0.2) is 10.1 Å². The number of aromatic hydroxyl groups is 1. The molecular formula is C13H8NO2. The van der Waals surface area contributed by atoms with Crippen LogP contribution in [0, 0.1) is 6.39 Å². The third-order valence-corrected chi connectivity index (χ3v) is 2.51. The molecule has 0 aliphatic rings. The molecule has 77 valence electrons. The van der Waals surface area contributed by atoms with Gasteiger partial charge in [0.15, 0.2) is 5.58 Å². The Labute approximate surface area is 92.0 Å². The maximum absolute atomic E-state index is 9.79. The van der Waals surface area contributed by atoms with Gasteiger partial charge in [0, 0.05) is 11.1 Å². The predicted molar refractivity (Wildman–Crippen MR) is 59.9 cm³/mol. The zero-order chi connectivity index (χ0) is 11.0. The zero-order valence-corrected chi connectivity index (χ0v) is 8.34. The molecule has 0 aliphatic carbocycles. The minimum absolute atomic E-state index is 0.234. The van der Waals surface area contributed by atoms with E-state index in [1.54, 1.807) is 12.1 Å². The van der Waals surface area contributed by atoms with E-state index in [1.165, 1.54) is 0 Å². The maximum atomic E-state index is 9.79. The van der Waals surface area contributed by atoms with Gasteiger partial charge in [0.05, 0.1) is 0 Å². The summed E-state index contributed by atoms with van der Waals surface area (Å²) in [6.07, 6.45) is 2.46. The lowest BCUT2D eigenvalue weighted by atomic mass is 10.0. The first-order valence-electron chi connectivity index (χ1n) is 4.90. The van der Waals surface area contributed by atoms with Crippen molar-refractivity contribution in [1.82, 2.24) is 4.98 Å².